The standard InChI is InChI=1S/C23H28N2O3/c1-16(2)23(27)25-14-19(18-11-7-8-12-21(18)28-3)20(15-25)22(26)24-13-17-9-5-4-6-10-17/h4-12,16,19-20H,13-15H2,1-3H3,(H,24,26)/t19-,20-/m1/s1. The van der Waals surface area contributed by atoms with E-state index in [2.05, 4.69) is 5.32 Å². The van der Waals surface area contributed by atoms with Gasteiger partial charge in [0.05, 0.1) is 13.0 Å². The van der Waals surface area contributed by atoms with E-state index in [1.165, 1.54) is 0 Å². The van der Waals surface area contributed by atoms with Gasteiger partial charge in [-0.25, -0.2) is 0 Å². The van der Waals surface area contributed by atoms with Crippen LogP contribution in [0.4, 0.5) is 0 Å². The van der Waals surface area contributed by atoms with Gasteiger partial charge in [-0.15, -0.1) is 0 Å². The molecule has 1 N–H and O–H groups in total. The number of hydrogen-bond acceptors (Lipinski definition) is 3. The normalized spacial score (nSPS) is 18.9. The molecule has 2 atom stereocenters. The van der Waals surface area contributed by atoms with E-state index in [0.29, 0.717) is 19.6 Å². The van der Waals surface area contributed by atoms with E-state index in [-0.39, 0.29) is 29.6 Å². The van der Waals surface area contributed by atoms with Crippen molar-refractivity contribution >= 4 is 11.8 Å². The summed E-state index contributed by atoms with van der Waals surface area (Å²) in [6, 6.07) is 17.6. The average molecular weight is 380 g/mol. The number of methoxy groups -OCH3 is 1. The Morgan fingerprint density at radius 3 is 2.43 bits per heavy atom. The first kappa shape index (κ1) is 19.9. The van der Waals surface area contributed by atoms with Crippen molar-refractivity contribution in [3.8, 4) is 5.75 Å². The van der Waals surface area contributed by atoms with E-state index < -0.39 is 0 Å². The summed E-state index contributed by atoms with van der Waals surface area (Å²) in [6.07, 6.45) is 0. The van der Waals surface area contributed by atoms with Crippen molar-refractivity contribution in [1.29, 1.82) is 0 Å². The second kappa shape index (κ2) is 8.91. The maximum absolute atomic E-state index is 13.1. The molecule has 2 aromatic rings. The zero-order valence-corrected chi connectivity index (χ0v) is 16.7. The number of para-hydroxylation sites is 1. The Balaban J connectivity index is 1.82. The van der Waals surface area contributed by atoms with E-state index in [1.54, 1.807) is 7.11 Å². The second-order valence-electron chi connectivity index (χ2n) is 7.56. The molecule has 0 radical (unpaired) electrons. The maximum atomic E-state index is 13.1. The van der Waals surface area contributed by atoms with Gasteiger partial charge in [-0.1, -0.05) is 62.4 Å². The summed E-state index contributed by atoms with van der Waals surface area (Å²) in [5, 5.41) is 3.05. The SMILES string of the molecule is COc1ccccc1[C@H]1CN(C(=O)C(C)C)C[C@H]1C(=O)NCc1ccccc1. The predicted molar refractivity (Wildman–Crippen MR) is 109 cm³/mol. The van der Waals surface area contributed by atoms with Gasteiger partial charge in [0, 0.05) is 31.5 Å². The molecule has 5 nitrogen and oxygen atoms in total. The fraction of sp³-hybridized carbons (Fsp3) is 0.391. The predicted octanol–water partition coefficient (Wildman–Crippen LogP) is 3.21. The third-order valence-electron chi connectivity index (χ3n) is 5.31. The number of rotatable bonds is 6. The summed E-state index contributed by atoms with van der Waals surface area (Å²) in [5.74, 6) is 0.325. The largest absolute Gasteiger partial charge is 0.496 e. The van der Waals surface area contributed by atoms with Crippen molar-refractivity contribution in [3.05, 3.63) is 65.7 Å². The molecule has 3 rings (SSSR count). The Morgan fingerprint density at radius 1 is 1.07 bits per heavy atom. The second-order valence-corrected chi connectivity index (χ2v) is 7.56. The lowest BCUT2D eigenvalue weighted by molar-refractivity contribution is -0.133. The molecule has 2 amide bonds. The Bertz CT molecular complexity index is 820. The summed E-state index contributed by atoms with van der Waals surface area (Å²) in [4.78, 5) is 27.5. The van der Waals surface area contributed by atoms with Crippen LogP contribution in [0.15, 0.2) is 54.6 Å². The van der Waals surface area contributed by atoms with E-state index in [4.69, 9.17) is 4.74 Å². The van der Waals surface area contributed by atoms with Crippen LogP contribution in [0.5, 0.6) is 5.75 Å². The van der Waals surface area contributed by atoms with Crippen molar-refractivity contribution in [2.75, 3.05) is 20.2 Å². The minimum absolute atomic E-state index is 0.0289. The molecule has 1 aliphatic heterocycles. The summed E-state index contributed by atoms with van der Waals surface area (Å²) < 4.78 is 5.52. The molecule has 1 fully saturated rings. The number of nitrogens with zero attached hydrogens (tertiary/aromatic N) is 1. The van der Waals surface area contributed by atoms with Crippen molar-refractivity contribution in [2.24, 2.45) is 11.8 Å². The smallest absolute Gasteiger partial charge is 0.225 e. The molecule has 1 aliphatic rings. The van der Waals surface area contributed by atoms with Crippen molar-refractivity contribution in [1.82, 2.24) is 10.2 Å². The lowest BCUT2D eigenvalue weighted by atomic mass is 9.87. The van der Waals surface area contributed by atoms with Crippen LogP contribution in [0.3, 0.4) is 0 Å². The van der Waals surface area contributed by atoms with Gasteiger partial charge in [0.2, 0.25) is 11.8 Å². The van der Waals surface area contributed by atoms with Gasteiger partial charge in [-0.3, -0.25) is 9.59 Å². The highest BCUT2D eigenvalue weighted by molar-refractivity contribution is 5.84. The molecule has 0 aliphatic carbocycles. The number of benzene rings is 2. The minimum Gasteiger partial charge on any atom is -0.496 e. The van der Waals surface area contributed by atoms with Gasteiger partial charge in [-0.05, 0) is 17.2 Å². The van der Waals surface area contributed by atoms with Crippen LogP contribution >= 0.6 is 0 Å². The van der Waals surface area contributed by atoms with Gasteiger partial charge in [0.1, 0.15) is 5.75 Å². The van der Waals surface area contributed by atoms with E-state index in [9.17, 15) is 9.59 Å². The number of ether oxygens (including phenoxy) is 1. The van der Waals surface area contributed by atoms with Crippen LogP contribution in [0.25, 0.3) is 0 Å². The van der Waals surface area contributed by atoms with Gasteiger partial charge in [0.25, 0.3) is 0 Å². The number of nitrogens with one attached hydrogen (secondary N) is 1. The van der Waals surface area contributed by atoms with Gasteiger partial charge in [-0.2, -0.15) is 0 Å². The van der Waals surface area contributed by atoms with Gasteiger partial charge in [0.15, 0.2) is 0 Å². The Hall–Kier alpha value is -2.82. The van der Waals surface area contributed by atoms with Crippen LogP contribution < -0.4 is 10.1 Å². The molecule has 2 aromatic carbocycles. The molecule has 0 spiro atoms. The third kappa shape index (κ3) is 4.35. The van der Waals surface area contributed by atoms with Crippen molar-refractivity contribution < 1.29 is 14.3 Å². The Morgan fingerprint density at radius 2 is 1.75 bits per heavy atom. The van der Waals surface area contributed by atoms with Gasteiger partial charge < -0.3 is 15.0 Å². The average Bonchev–Trinajstić information content (AvgIpc) is 3.17. The molecule has 0 unspecified atom stereocenters. The third-order valence-corrected chi connectivity index (χ3v) is 5.31. The molecule has 0 saturated carbocycles. The summed E-state index contributed by atoms with van der Waals surface area (Å²) in [6.45, 7) is 5.22. The molecule has 0 bridgehead atoms. The zero-order valence-electron chi connectivity index (χ0n) is 16.7. The molecule has 1 saturated heterocycles. The summed E-state index contributed by atoms with van der Waals surface area (Å²) >= 11 is 0. The number of carbonyl (C=O) groups excluding carboxylic acids is 2. The number of hydrogen-bond donors (Lipinski definition) is 1. The Kier molecular flexibility index (Phi) is 6.34. The van der Waals surface area contributed by atoms with E-state index in [0.717, 1.165) is 16.9 Å². The van der Waals surface area contributed by atoms with Crippen LogP contribution in [0.1, 0.15) is 30.9 Å². The van der Waals surface area contributed by atoms with Crippen LogP contribution in [-0.4, -0.2) is 36.9 Å². The lowest BCUT2D eigenvalue weighted by Crippen LogP contribution is -2.36. The molecule has 1 heterocycles. The summed E-state index contributed by atoms with van der Waals surface area (Å²) in [7, 11) is 1.63. The monoisotopic (exact) mass is 380 g/mol. The van der Waals surface area contributed by atoms with E-state index >= 15 is 0 Å². The number of likely N-dealkylation sites (tertiary alicyclic amines) is 1. The summed E-state index contributed by atoms with van der Waals surface area (Å²) in [5.41, 5.74) is 2.03. The molecule has 0 aromatic heterocycles. The topological polar surface area (TPSA) is 58.6 Å². The van der Waals surface area contributed by atoms with E-state index in [1.807, 2.05) is 73.3 Å². The molecular formula is C23H28N2O3. The molecule has 5 heteroatoms. The van der Waals surface area contributed by atoms with Crippen molar-refractivity contribution in [3.63, 3.8) is 0 Å². The fourth-order valence-corrected chi connectivity index (χ4v) is 3.82. The first-order chi connectivity index (χ1) is 13.5. The quantitative estimate of drug-likeness (QED) is 0.837. The number of amides is 2. The molecule has 148 valence electrons. The zero-order chi connectivity index (χ0) is 20.1. The molecule has 28 heavy (non-hydrogen) atoms. The highest BCUT2D eigenvalue weighted by Crippen LogP contribution is 2.38. The minimum atomic E-state index is -0.303. The molecular weight excluding hydrogens is 352 g/mol. The van der Waals surface area contributed by atoms with Crippen LogP contribution in [-0.2, 0) is 16.1 Å². The highest BCUT2D eigenvalue weighted by Gasteiger charge is 2.41. The number of carbonyl (C=O) groups is 2. The Labute approximate surface area is 166 Å². The first-order valence-electron chi connectivity index (χ1n) is 9.74. The fourth-order valence-electron chi connectivity index (χ4n) is 3.82. The highest BCUT2D eigenvalue weighted by atomic mass is 16.5. The first-order valence-corrected chi connectivity index (χ1v) is 9.74. The van der Waals surface area contributed by atoms with Crippen LogP contribution in [0, 0.1) is 11.8 Å². The van der Waals surface area contributed by atoms with Crippen molar-refractivity contribution in [2.45, 2.75) is 26.3 Å². The maximum Gasteiger partial charge on any atom is 0.225 e. The van der Waals surface area contributed by atoms with Crippen LogP contribution in [0.2, 0.25) is 0 Å². The lowest BCUT2D eigenvalue weighted by Gasteiger charge is -2.20. The van der Waals surface area contributed by atoms with Gasteiger partial charge >= 0.3 is 0 Å².